The number of para-hydroxylation sites is 2. The number of carbonyl (C=O) groups is 1. The predicted octanol–water partition coefficient (Wildman–Crippen LogP) is 6.46. The Morgan fingerprint density at radius 2 is 1.77 bits per heavy atom. The van der Waals surface area contributed by atoms with Gasteiger partial charge in [0.1, 0.15) is 18.2 Å². The van der Waals surface area contributed by atoms with Gasteiger partial charge in [-0.05, 0) is 36.4 Å². The molecule has 3 nitrogen and oxygen atoms in total. The first-order chi connectivity index (χ1) is 14.5. The SMILES string of the molecule is O=C1/C(=C\c2ccccc2OCc2c(F)cccc2Cl)SC(=S)N1c1ccccc1. The standard InChI is InChI=1S/C23H15ClFNO2S2/c24-18-10-6-11-19(25)17(18)14-28-20-12-5-4-7-15(20)13-21-22(27)26(23(29)30-21)16-8-2-1-3-9-16/h1-13H,14H2/b21-13+. The molecule has 3 aromatic carbocycles. The lowest BCUT2D eigenvalue weighted by Crippen LogP contribution is -2.27. The number of halogens is 2. The summed E-state index contributed by atoms with van der Waals surface area (Å²) in [6.07, 6.45) is 1.74. The molecule has 1 heterocycles. The van der Waals surface area contributed by atoms with Gasteiger partial charge in [0.05, 0.1) is 15.6 Å². The van der Waals surface area contributed by atoms with Gasteiger partial charge < -0.3 is 4.74 Å². The molecule has 0 radical (unpaired) electrons. The van der Waals surface area contributed by atoms with E-state index in [1.165, 1.54) is 22.7 Å². The first kappa shape index (κ1) is 20.6. The van der Waals surface area contributed by atoms with Gasteiger partial charge in [0.2, 0.25) is 0 Å². The number of rotatable bonds is 5. The van der Waals surface area contributed by atoms with E-state index in [1.807, 2.05) is 48.5 Å². The van der Waals surface area contributed by atoms with Crippen LogP contribution in [0.5, 0.6) is 5.75 Å². The van der Waals surface area contributed by atoms with Crippen molar-refractivity contribution in [1.82, 2.24) is 0 Å². The number of thioether (sulfide) groups is 1. The Bertz CT molecular complexity index is 1130. The minimum Gasteiger partial charge on any atom is -0.488 e. The highest BCUT2D eigenvalue weighted by Gasteiger charge is 2.33. The summed E-state index contributed by atoms with van der Waals surface area (Å²) in [6, 6.07) is 21.0. The zero-order valence-corrected chi connectivity index (χ0v) is 17.9. The number of benzene rings is 3. The lowest BCUT2D eigenvalue weighted by molar-refractivity contribution is -0.113. The molecule has 1 aliphatic heterocycles. The molecule has 0 aliphatic carbocycles. The molecule has 0 saturated carbocycles. The van der Waals surface area contributed by atoms with Gasteiger partial charge in [-0.2, -0.15) is 0 Å². The van der Waals surface area contributed by atoms with Gasteiger partial charge >= 0.3 is 0 Å². The Balaban J connectivity index is 1.59. The molecular formula is C23H15ClFNO2S2. The topological polar surface area (TPSA) is 29.5 Å². The summed E-state index contributed by atoms with van der Waals surface area (Å²) in [5.41, 5.74) is 1.70. The number of carbonyl (C=O) groups excluding carboxylic acids is 1. The van der Waals surface area contributed by atoms with Gasteiger partial charge in [-0.1, -0.05) is 78.0 Å². The third-order valence-electron chi connectivity index (χ3n) is 4.45. The van der Waals surface area contributed by atoms with Crippen LogP contribution in [-0.4, -0.2) is 10.2 Å². The molecule has 0 aromatic heterocycles. The van der Waals surface area contributed by atoms with Gasteiger partial charge in [-0.3, -0.25) is 9.69 Å². The van der Waals surface area contributed by atoms with Crippen LogP contribution >= 0.6 is 35.6 Å². The third kappa shape index (κ3) is 4.26. The van der Waals surface area contributed by atoms with Crippen molar-refractivity contribution in [3.05, 3.63) is 99.7 Å². The normalized spacial score (nSPS) is 15.1. The number of thiocarbonyl (C=S) groups is 1. The van der Waals surface area contributed by atoms with Crippen molar-refractivity contribution in [2.45, 2.75) is 6.61 Å². The van der Waals surface area contributed by atoms with Crippen LogP contribution in [-0.2, 0) is 11.4 Å². The van der Waals surface area contributed by atoms with Crippen molar-refractivity contribution in [1.29, 1.82) is 0 Å². The minimum absolute atomic E-state index is 0.0265. The fraction of sp³-hybridized carbons (Fsp3) is 0.0435. The maximum Gasteiger partial charge on any atom is 0.270 e. The van der Waals surface area contributed by atoms with Crippen molar-refractivity contribution < 1.29 is 13.9 Å². The van der Waals surface area contributed by atoms with Crippen LogP contribution in [0.25, 0.3) is 6.08 Å². The summed E-state index contributed by atoms with van der Waals surface area (Å²) >= 11 is 12.7. The Kier molecular flexibility index (Phi) is 6.18. The van der Waals surface area contributed by atoms with E-state index in [0.29, 0.717) is 25.6 Å². The van der Waals surface area contributed by atoms with Gasteiger partial charge in [0.15, 0.2) is 4.32 Å². The van der Waals surface area contributed by atoms with E-state index in [9.17, 15) is 9.18 Å². The van der Waals surface area contributed by atoms with E-state index in [4.69, 9.17) is 28.6 Å². The minimum atomic E-state index is -0.427. The van der Waals surface area contributed by atoms with E-state index in [2.05, 4.69) is 0 Å². The van der Waals surface area contributed by atoms with Crippen molar-refractivity contribution in [2.24, 2.45) is 0 Å². The van der Waals surface area contributed by atoms with Gasteiger partial charge in [-0.15, -0.1) is 0 Å². The highest BCUT2D eigenvalue weighted by molar-refractivity contribution is 8.27. The summed E-state index contributed by atoms with van der Waals surface area (Å²) in [7, 11) is 0. The fourth-order valence-corrected chi connectivity index (χ4v) is 4.47. The number of hydrogen-bond acceptors (Lipinski definition) is 4. The molecule has 1 fully saturated rings. The molecule has 0 spiro atoms. The van der Waals surface area contributed by atoms with Crippen LogP contribution < -0.4 is 9.64 Å². The van der Waals surface area contributed by atoms with E-state index < -0.39 is 5.82 Å². The first-order valence-corrected chi connectivity index (χ1v) is 10.6. The molecule has 0 bridgehead atoms. The highest BCUT2D eigenvalue weighted by Crippen LogP contribution is 2.37. The lowest BCUT2D eigenvalue weighted by atomic mass is 10.1. The molecule has 7 heteroatoms. The number of anilines is 1. The van der Waals surface area contributed by atoms with Crippen molar-refractivity contribution in [3.8, 4) is 5.75 Å². The summed E-state index contributed by atoms with van der Waals surface area (Å²) in [5.74, 6) is -0.103. The van der Waals surface area contributed by atoms with Crippen molar-refractivity contribution >= 4 is 57.6 Å². The Hall–Kier alpha value is -2.67. The van der Waals surface area contributed by atoms with Gasteiger partial charge in [0, 0.05) is 11.1 Å². The van der Waals surface area contributed by atoms with Crippen LogP contribution in [0.3, 0.4) is 0 Å². The molecule has 1 saturated heterocycles. The van der Waals surface area contributed by atoms with Crippen LogP contribution in [0.15, 0.2) is 77.7 Å². The van der Waals surface area contributed by atoms with Crippen LogP contribution in [0, 0.1) is 5.82 Å². The molecule has 0 unspecified atom stereocenters. The average molecular weight is 456 g/mol. The number of ether oxygens (including phenoxy) is 1. The maximum atomic E-state index is 14.0. The molecule has 0 N–H and O–H groups in total. The second kappa shape index (κ2) is 9.00. The molecule has 1 aliphatic rings. The largest absolute Gasteiger partial charge is 0.488 e. The molecule has 150 valence electrons. The zero-order chi connectivity index (χ0) is 21.1. The highest BCUT2D eigenvalue weighted by atomic mass is 35.5. The van der Waals surface area contributed by atoms with Gasteiger partial charge in [0.25, 0.3) is 5.91 Å². The number of amides is 1. The fourth-order valence-electron chi connectivity index (χ4n) is 2.96. The molecule has 4 rings (SSSR count). The van der Waals surface area contributed by atoms with Crippen molar-refractivity contribution in [2.75, 3.05) is 4.90 Å². The summed E-state index contributed by atoms with van der Waals surface area (Å²) in [5, 5.41) is 0.302. The molecular weight excluding hydrogens is 441 g/mol. The quantitative estimate of drug-likeness (QED) is 0.326. The first-order valence-electron chi connectivity index (χ1n) is 9.02. The second-order valence-corrected chi connectivity index (χ2v) is 8.46. The Morgan fingerprint density at radius 3 is 2.53 bits per heavy atom. The van der Waals surface area contributed by atoms with Crippen LogP contribution in [0.2, 0.25) is 5.02 Å². The smallest absolute Gasteiger partial charge is 0.270 e. The lowest BCUT2D eigenvalue weighted by Gasteiger charge is -2.14. The molecule has 30 heavy (non-hydrogen) atoms. The average Bonchev–Trinajstić information content (AvgIpc) is 3.02. The van der Waals surface area contributed by atoms with Crippen LogP contribution in [0.4, 0.5) is 10.1 Å². The second-order valence-electron chi connectivity index (χ2n) is 6.38. The summed E-state index contributed by atoms with van der Waals surface area (Å²) < 4.78 is 20.3. The number of nitrogens with zero attached hydrogens (tertiary/aromatic N) is 1. The van der Waals surface area contributed by atoms with E-state index in [-0.39, 0.29) is 18.1 Å². The van der Waals surface area contributed by atoms with Crippen LogP contribution in [0.1, 0.15) is 11.1 Å². The Labute approximate surface area is 188 Å². The molecule has 3 aromatic rings. The van der Waals surface area contributed by atoms with Gasteiger partial charge in [-0.25, -0.2) is 4.39 Å². The summed E-state index contributed by atoms with van der Waals surface area (Å²) in [4.78, 5) is 14.9. The molecule has 0 atom stereocenters. The van der Waals surface area contributed by atoms with E-state index in [0.717, 1.165) is 5.69 Å². The predicted molar refractivity (Wildman–Crippen MR) is 124 cm³/mol. The van der Waals surface area contributed by atoms with E-state index >= 15 is 0 Å². The maximum absolute atomic E-state index is 14.0. The summed E-state index contributed by atoms with van der Waals surface area (Å²) in [6.45, 7) is -0.0265. The van der Waals surface area contributed by atoms with E-state index in [1.54, 1.807) is 24.3 Å². The van der Waals surface area contributed by atoms with Crippen molar-refractivity contribution in [3.63, 3.8) is 0 Å². The number of hydrogen-bond donors (Lipinski definition) is 0. The monoisotopic (exact) mass is 455 g/mol. The zero-order valence-electron chi connectivity index (χ0n) is 15.5. The third-order valence-corrected chi connectivity index (χ3v) is 6.10. The molecule has 1 amide bonds. The Morgan fingerprint density at radius 1 is 1.03 bits per heavy atom.